The van der Waals surface area contributed by atoms with Gasteiger partial charge < -0.3 is 5.73 Å². The number of piperidine rings is 1. The lowest BCUT2D eigenvalue weighted by Crippen LogP contribution is -2.49. The minimum Gasteiger partial charge on any atom is -0.329 e. The van der Waals surface area contributed by atoms with E-state index in [0.717, 1.165) is 18.1 Å². The van der Waals surface area contributed by atoms with Gasteiger partial charge in [0.05, 0.1) is 0 Å². The van der Waals surface area contributed by atoms with E-state index >= 15 is 0 Å². The molecule has 100 valence electrons. The minimum atomic E-state index is 0.343. The number of nitrogens with two attached hydrogens (primary N) is 1. The Morgan fingerprint density at radius 2 is 2.17 bits per heavy atom. The molecule has 3 unspecified atom stereocenters. The van der Waals surface area contributed by atoms with Crippen LogP contribution in [0.1, 0.15) is 38.3 Å². The molecule has 1 aliphatic heterocycles. The van der Waals surface area contributed by atoms with Crippen LogP contribution in [0.5, 0.6) is 0 Å². The molecule has 0 bridgehead atoms. The Labute approximate surface area is 115 Å². The van der Waals surface area contributed by atoms with E-state index in [1.165, 1.54) is 18.4 Å². The normalized spacial score (nSPS) is 27.1. The molecule has 0 aliphatic carbocycles. The lowest BCUT2D eigenvalue weighted by atomic mass is 9.88. The summed E-state index contributed by atoms with van der Waals surface area (Å²) in [6.07, 6.45) is 2.54. The summed E-state index contributed by atoms with van der Waals surface area (Å²) >= 11 is 6.31. The van der Waals surface area contributed by atoms with Gasteiger partial charge in [-0.1, -0.05) is 36.7 Å². The van der Waals surface area contributed by atoms with Crippen molar-refractivity contribution in [2.45, 2.75) is 38.8 Å². The van der Waals surface area contributed by atoms with Gasteiger partial charge in [0.1, 0.15) is 0 Å². The summed E-state index contributed by atoms with van der Waals surface area (Å²) in [7, 11) is 0. The number of hydrogen-bond donors (Lipinski definition) is 1. The number of nitrogens with zero attached hydrogens (tertiary/aromatic N) is 1. The maximum absolute atomic E-state index is 6.31. The van der Waals surface area contributed by atoms with E-state index in [1.54, 1.807) is 0 Å². The third kappa shape index (κ3) is 2.71. The standard InChI is InChI=1S/C15H23ClN2/c1-11-6-5-9-18(15(11)10-17)12(2)13-7-3-4-8-14(13)16/h3-4,7-8,11-12,15H,5-6,9-10,17H2,1-2H3. The van der Waals surface area contributed by atoms with Crippen LogP contribution < -0.4 is 5.73 Å². The predicted molar refractivity (Wildman–Crippen MR) is 77.8 cm³/mol. The Morgan fingerprint density at radius 1 is 1.44 bits per heavy atom. The fourth-order valence-electron chi connectivity index (χ4n) is 3.12. The second-order valence-corrected chi connectivity index (χ2v) is 5.77. The molecular weight excluding hydrogens is 244 g/mol. The summed E-state index contributed by atoms with van der Waals surface area (Å²) in [5, 5.41) is 0.860. The zero-order valence-corrected chi connectivity index (χ0v) is 12.0. The van der Waals surface area contributed by atoms with E-state index in [4.69, 9.17) is 17.3 Å². The monoisotopic (exact) mass is 266 g/mol. The average Bonchev–Trinajstić information content (AvgIpc) is 2.38. The van der Waals surface area contributed by atoms with Crippen LogP contribution in [0, 0.1) is 5.92 Å². The highest BCUT2D eigenvalue weighted by Crippen LogP contribution is 2.33. The van der Waals surface area contributed by atoms with E-state index in [0.29, 0.717) is 18.0 Å². The Kier molecular flexibility index (Phi) is 4.66. The van der Waals surface area contributed by atoms with Gasteiger partial charge in [0.2, 0.25) is 0 Å². The molecule has 18 heavy (non-hydrogen) atoms. The Balaban J connectivity index is 2.21. The Hall–Kier alpha value is -0.570. The number of halogens is 1. The largest absolute Gasteiger partial charge is 0.329 e. The molecule has 2 nitrogen and oxygen atoms in total. The van der Waals surface area contributed by atoms with Crippen LogP contribution in [-0.4, -0.2) is 24.0 Å². The first-order chi connectivity index (χ1) is 8.65. The molecule has 0 saturated carbocycles. The van der Waals surface area contributed by atoms with Crippen molar-refractivity contribution in [3.8, 4) is 0 Å². The molecule has 1 aliphatic rings. The van der Waals surface area contributed by atoms with Gasteiger partial charge in [-0.05, 0) is 43.9 Å². The zero-order chi connectivity index (χ0) is 13.1. The molecule has 1 heterocycles. The van der Waals surface area contributed by atoms with Gasteiger partial charge in [-0.3, -0.25) is 4.90 Å². The molecule has 0 radical (unpaired) electrons. The quantitative estimate of drug-likeness (QED) is 0.908. The number of benzene rings is 1. The highest BCUT2D eigenvalue weighted by atomic mass is 35.5. The number of hydrogen-bond acceptors (Lipinski definition) is 2. The van der Waals surface area contributed by atoms with E-state index in [2.05, 4.69) is 30.9 Å². The van der Waals surface area contributed by atoms with E-state index in [1.807, 2.05) is 12.1 Å². The second kappa shape index (κ2) is 6.05. The maximum Gasteiger partial charge on any atom is 0.0453 e. The third-order valence-electron chi connectivity index (χ3n) is 4.25. The van der Waals surface area contributed by atoms with Crippen molar-refractivity contribution in [2.75, 3.05) is 13.1 Å². The van der Waals surface area contributed by atoms with E-state index < -0.39 is 0 Å². The maximum atomic E-state index is 6.31. The van der Waals surface area contributed by atoms with Gasteiger partial charge in [-0.2, -0.15) is 0 Å². The summed E-state index contributed by atoms with van der Waals surface area (Å²) in [6, 6.07) is 8.96. The molecule has 1 saturated heterocycles. The smallest absolute Gasteiger partial charge is 0.0453 e. The third-order valence-corrected chi connectivity index (χ3v) is 4.60. The summed E-state index contributed by atoms with van der Waals surface area (Å²) in [4.78, 5) is 2.52. The van der Waals surface area contributed by atoms with Crippen molar-refractivity contribution in [2.24, 2.45) is 11.7 Å². The molecular formula is C15H23ClN2. The number of likely N-dealkylation sites (tertiary alicyclic amines) is 1. The second-order valence-electron chi connectivity index (χ2n) is 5.36. The highest BCUT2D eigenvalue weighted by Gasteiger charge is 2.31. The van der Waals surface area contributed by atoms with E-state index in [9.17, 15) is 0 Å². The highest BCUT2D eigenvalue weighted by molar-refractivity contribution is 6.31. The van der Waals surface area contributed by atoms with Gasteiger partial charge in [0, 0.05) is 23.7 Å². The van der Waals surface area contributed by atoms with Gasteiger partial charge in [-0.25, -0.2) is 0 Å². The first-order valence-corrected chi connectivity index (χ1v) is 7.23. The summed E-state index contributed by atoms with van der Waals surface area (Å²) < 4.78 is 0. The van der Waals surface area contributed by atoms with Crippen LogP contribution >= 0.6 is 11.6 Å². The van der Waals surface area contributed by atoms with Crippen molar-refractivity contribution >= 4 is 11.6 Å². The molecule has 3 atom stereocenters. The SMILES string of the molecule is CC1CCCN(C(C)c2ccccc2Cl)C1CN. The fourth-order valence-corrected chi connectivity index (χ4v) is 3.42. The predicted octanol–water partition coefficient (Wildman–Crippen LogP) is 3.46. The lowest BCUT2D eigenvalue weighted by molar-refractivity contribution is 0.0690. The van der Waals surface area contributed by atoms with Crippen LogP contribution in [0.25, 0.3) is 0 Å². The molecule has 0 aromatic heterocycles. The van der Waals surface area contributed by atoms with Gasteiger partial charge in [0.25, 0.3) is 0 Å². The summed E-state index contributed by atoms with van der Waals surface area (Å²) in [5.41, 5.74) is 7.18. The summed E-state index contributed by atoms with van der Waals surface area (Å²) in [6.45, 7) is 6.40. The lowest BCUT2D eigenvalue weighted by Gasteiger charge is -2.43. The van der Waals surface area contributed by atoms with Crippen LogP contribution in [0.15, 0.2) is 24.3 Å². The first kappa shape index (κ1) is 13.9. The molecule has 0 amide bonds. The van der Waals surface area contributed by atoms with Gasteiger partial charge in [-0.15, -0.1) is 0 Å². The van der Waals surface area contributed by atoms with Gasteiger partial charge >= 0.3 is 0 Å². The minimum absolute atomic E-state index is 0.343. The van der Waals surface area contributed by atoms with Gasteiger partial charge in [0.15, 0.2) is 0 Å². The van der Waals surface area contributed by atoms with Crippen molar-refractivity contribution in [3.05, 3.63) is 34.9 Å². The fraction of sp³-hybridized carbons (Fsp3) is 0.600. The molecule has 2 rings (SSSR count). The molecule has 2 N–H and O–H groups in total. The Morgan fingerprint density at radius 3 is 2.83 bits per heavy atom. The number of rotatable bonds is 3. The van der Waals surface area contributed by atoms with Crippen LogP contribution in [-0.2, 0) is 0 Å². The van der Waals surface area contributed by atoms with Crippen molar-refractivity contribution in [3.63, 3.8) is 0 Å². The van der Waals surface area contributed by atoms with E-state index in [-0.39, 0.29) is 0 Å². The molecule has 0 spiro atoms. The van der Waals surface area contributed by atoms with Crippen LogP contribution in [0.4, 0.5) is 0 Å². The average molecular weight is 267 g/mol. The Bertz CT molecular complexity index is 394. The summed E-state index contributed by atoms with van der Waals surface area (Å²) in [5.74, 6) is 0.675. The first-order valence-electron chi connectivity index (χ1n) is 6.85. The molecule has 1 aromatic carbocycles. The topological polar surface area (TPSA) is 29.3 Å². The molecule has 3 heteroatoms. The zero-order valence-electron chi connectivity index (χ0n) is 11.3. The van der Waals surface area contributed by atoms with Crippen molar-refractivity contribution in [1.82, 2.24) is 4.90 Å². The van der Waals surface area contributed by atoms with Crippen LogP contribution in [0.2, 0.25) is 5.02 Å². The van der Waals surface area contributed by atoms with Crippen molar-refractivity contribution < 1.29 is 0 Å². The van der Waals surface area contributed by atoms with Crippen LogP contribution in [0.3, 0.4) is 0 Å². The van der Waals surface area contributed by atoms with Crippen molar-refractivity contribution in [1.29, 1.82) is 0 Å². The molecule has 1 fully saturated rings. The molecule has 1 aromatic rings.